The maximum Gasteiger partial charge on any atom is 0.417 e. The normalized spacial score (nSPS) is 13.9. The maximum absolute atomic E-state index is 12.8. The number of hydrogen-bond donors (Lipinski definition) is 1. The van der Waals surface area contributed by atoms with Gasteiger partial charge >= 0.3 is 6.18 Å². The van der Waals surface area contributed by atoms with E-state index in [0.717, 1.165) is 25.1 Å². The van der Waals surface area contributed by atoms with Crippen LogP contribution in [0.2, 0.25) is 5.02 Å². The van der Waals surface area contributed by atoms with Crippen LogP contribution in [0.5, 0.6) is 0 Å². The molecule has 0 saturated carbocycles. The van der Waals surface area contributed by atoms with Crippen LogP contribution in [0.15, 0.2) is 12.3 Å². The average Bonchev–Trinajstić information content (AvgIpc) is 2.79. The molecule has 2 heterocycles. The van der Waals surface area contributed by atoms with Crippen LogP contribution in [0.1, 0.15) is 37.1 Å². The van der Waals surface area contributed by atoms with Crippen LogP contribution in [0.3, 0.4) is 0 Å². The van der Waals surface area contributed by atoms with E-state index in [1.54, 1.807) is 0 Å². The van der Waals surface area contributed by atoms with Crippen LogP contribution in [0.25, 0.3) is 5.65 Å². The van der Waals surface area contributed by atoms with Crippen molar-refractivity contribution < 1.29 is 13.2 Å². The summed E-state index contributed by atoms with van der Waals surface area (Å²) in [5.74, 6) is 0.270. The topological polar surface area (TPSA) is 56.2 Å². The number of pyridine rings is 1. The van der Waals surface area contributed by atoms with Crippen molar-refractivity contribution in [1.29, 1.82) is 0 Å². The summed E-state index contributed by atoms with van der Waals surface area (Å²) in [7, 11) is 0. The van der Waals surface area contributed by atoms with Gasteiger partial charge in [0.05, 0.1) is 10.6 Å². The fraction of sp³-hybridized carbons (Fsp3) is 0.500. The first-order chi connectivity index (χ1) is 9.38. The van der Waals surface area contributed by atoms with E-state index in [2.05, 4.69) is 10.2 Å². The molecule has 2 N–H and O–H groups in total. The second kappa shape index (κ2) is 5.57. The highest BCUT2D eigenvalue weighted by Gasteiger charge is 2.32. The minimum Gasteiger partial charge on any atom is -0.330 e. The van der Waals surface area contributed by atoms with Gasteiger partial charge in [-0.25, -0.2) is 0 Å². The molecule has 0 aromatic carbocycles. The number of fused-ring (bicyclic) bond motifs is 1. The molecule has 0 spiro atoms. The van der Waals surface area contributed by atoms with Crippen molar-refractivity contribution >= 4 is 17.2 Å². The molecule has 4 nitrogen and oxygen atoms in total. The minimum atomic E-state index is -4.47. The standard InChI is InChI=1S/C12H14ClF3N4/c1-2-3-7(5-17)10-18-19-11-9(13)4-8(6-20(10)11)12(14,15)16/h4,6-7H,2-3,5,17H2,1H3. The number of aromatic nitrogens is 3. The van der Waals surface area contributed by atoms with Crippen LogP contribution in [0, 0.1) is 0 Å². The molecule has 0 radical (unpaired) electrons. The molecule has 110 valence electrons. The van der Waals surface area contributed by atoms with E-state index < -0.39 is 11.7 Å². The lowest BCUT2D eigenvalue weighted by atomic mass is 10.0. The molecule has 2 aromatic heterocycles. The van der Waals surface area contributed by atoms with Crippen molar-refractivity contribution in [3.63, 3.8) is 0 Å². The van der Waals surface area contributed by atoms with Gasteiger partial charge in [-0.15, -0.1) is 10.2 Å². The first-order valence-corrected chi connectivity index (χ1v) is 6.57. The molecule has 8 heteroatoms. The van der Waals surface area contributed by atoms with E-state index in [4.69, 9.17) is 17.3 Å². The van der Waals surface area contributed by atoms with E-state index in [-0.39, 0.29) is 16.6 Å². The monoisotopic (exact) mass is 306 g/mol. The minimum absolute atomic E-state index is 0.0779. The second-order valence-corrected chi connectivity index (χ2v) is 4.95. The summed E-state index contributed by atoms with van der Waals surface area (Å²) >= 11 is 5.85. The molecule has 0 fully saturated rings. The smallest absolute Gasteiger partial charge is 0.330 e. The van der Waals surface area contributed by atoms with Gasteiger partial charge in [0.1, 0.15) is 5.82 Å². The van der Waals surface area contributed by atoms with Crippen LogP contribution in [0.4, 0.5) is 13.2 Å². The summed E-state index contributed by atoms with van der Waals surface area (Å²) < 4.78 is 39.8. The Labute approximate surface area is 118 Å². The summed E-state index contributed by atoms with van der Waals surface area (Å²) in [6.45, 7) is 2.27. The molecule has 2 aromatic rings. The van der Waals surface area contributed by atoms with E-state index in [9.17, 15) is 13.2 Å². The van der Waals surface area contributed by atoms with Crippen molar-refractivity contribution in [2.45, 2.75) is 31.9 Å². The van der Waals surface area contributed by atoms with Gasteiger partial charge in [0.15, 0.2) is 5.65 Å². The maximum atomic E-state index is 12.8. The molecule has 0 amide bonds. The number of rotatable bonds is 4. The lowest BCUT2D eigenvalue weighted by Crippen LogP contribution is -2.16. The van der Waals surface area contributed by atoms with Crippen molar-refractivity contribution in [3.8, 4) is 0 Å². The number of hydrogen-bond acceptors (Lipinski definition) is 3. The van der Waals surface area contributed by atoms with E-state index in [0.29, 0.717) is 12.4 Å². The van der Waals surface area contributed by atoms with Crippen LogP contribution >= 0.6 is 11.6 Å². The first kappa shape index (κ1) is 15.1. The summed E-state index contributed by atoms with van der Waals surface area (Å²) in [6.07, 6.45) is -1.92. The third kappa shape index (κ3) is 2.73. The number of nitrogens with zero attached hydrogens (tertiary/aromatic N) is 3. The number of nitrogens with two attached hydrogens (primary N) is 1. The van der Waals surface area contributed by atoms with Crippen LogP contribution in [-0.2, 0) is 6.18 Å². The van der Waals surface area contributed by atoms with E-state index in [1.165, 1.54) is 4.40 Å². The van der Waals surface area contributed by atoms with Gasteiger partial charge < -0.3 is 5.73 Å². The van der Waals surface area contributed by atoms with E-state index in [1.807, 2.05) is 6.92 Å². The fourth-order valence-corrected chi connectivity index (χ4v) is 2.35. The zero-order valence-corrected chi connectivity index (χ0v) is 11.5. The Morgan fingerprint density at radius 1 is 1.40 bits per heavy atom. The van der Waals surface area contributed by atoms with Crippen molar-refractivity contribution in [2.24, 2.45) is 5.73 Å². The Morgan fingerprint density at radius 2 is 2.10 bits per heavy atom. The second-order valence-electron chi connectivity index (χ2n) is 4.55. The van der Waals surface area contributed by atoms with Gasteiger partial charge in [-0.05, 0) is 12.5 Å². The summed E-state index contributed by atoms with van der Waals surface area (Å²) in [5.41, 5.74) is 5.05. The van der Waals surface area contributed by atoms with Crippen LogP contribution < -0.4 is 5.73 Å². The number of halogens is 4. The molecule has 0 aliphatic heterocycles. The zero-order valence-electron chi connectivity index (χ0n) is 10.8. The average molecular weight is 307 g/mol. The Hall–Kier alpha value is -1.34. The molecule has 0 bridgehead atoms. The highest BCUT2D eigenvalue weighted by atomic mass is 35.5. The zero-order chi connectivity index (χ0) is 14.9. The third-order valence-electron chi connectivity index (χ3n) is 3.10. The molecule has 1 unspecified atom stereocenters. The summed E-state index contributed by atoms with van der Waals surface area (Å²) in [4.78, 5) is 0. The summed E-state index contributed by atoms with van der Waals surface area (Å²) in [5, 5.41) is 7.72. The van der Waals surface area contributed by atoms with Gasteiger partial charge in [0.25, 0.3) is 0 Å². The predicted octanol–water partition coefficient (Wildman–Crippen LogP) is 3.24. The highest BCUT2D eigenvalue weighted by Crippen LogP contribution is 2.33. The number of alkyl halides is 3. The molecule has 2 rings (SSSR count). The van der Waals surface area contributed by atoms with Gasteiger partial charge in [-0.1, -0.05) is 24.9 Å². The Bertz CT molecular complexity index is 609. The quantitative estimate of drug-likeness (QED) is 0.943. The lowest BCUT2D eigenvalue weighted by molar-refractivity contribution is -0.137. The van der Waals surface area contributed by atoms with Crippen molar-refractivity contribution in [1.82, 2.24) is 14.6 Å². The molecule has 0 aliphatic rings. The summed E-state index contributed by atoms with van der Waals surface area (Å²) in [6, 6.07) is 0.854. The molecule has 20 heavy (non-hydrogen) atoms. The highest BCUT2D eigenvalue weighted by molar-refractivity contribution is 6.33. The van der Waals surface area contributed by atoms with Gasteiger partial charge in [-0.2, -0.15) is 13.2 Å². The molecule has 0 saturated heterocycles. The Balaban J connectivity index is 2.60. The third-order valence-corrected chi connectivity index (χ3v) is 3.38. The molecular weight excluding hydrogens is 293 g/mol. The van der Waals surface area contributed by atoms with Gasteiger partial charge in [0, 0.05) is 18.7 Å². The van der Waals surface area contributed by atoms with Crippen molar-refractivity contribution in [3.05, 3.63) is 28.7 Å². The van der Waals surface area contributed by atoms with Crippen LogP contribution in [-0.4, -0.2) is 21.1 Å². The molecule has 1 atom stereocenters. The van der Waals surface area contributed by atoms with E-state index >= 15 is 0 Å². The Kier molecular flexibility index (Phi) is 4.19. The predicted molar refractivity (Wildman–Crippen MR) is 69.7 cm³/mol. The van der Waals surface area contributed by atoms with Gasteiger partial charge in [-0.3, -0.25) is 4.40 Å². The SMILES string of the molecule is CCCC(CN)c1nnc2c(Cl)cc(C(F)(F)F)cn12. The first-order valence-electron chi connectivity index (χ1n) is 6.20. The fourth-order valence-electron chi connectivity index (χ4n) is 2.11. The molecule has 0 aliphatic carbocycles. The lowest BCUT2D eigenvalue weighted by Gasteiger charge is -2.13. The Morgan fingerprint density at radius 3 is 2.65 bits per heavy atom. The largest absolute Gasteiger partial charge is 0.417 e. The van der Waals surface area contributed by atoms with Gasteiger partial charge in [0.2, 0.25) is 0 Å². The molecular formula is C12H14ClF3N4. The van der Waals surface area contributed by atoms with Crippen molar-refractivity contribution in [2.75, 3.05) is 6.54 Å².